The number of nitrogens with zero attached hydrogens (tertiary/aromatic N) is 1. The normalized spacial score (nSPS) is 19.2. The van der Waals surface area contributed by atoms with Gasteiger partial charge in [-0.2, -0.15) is 0 Å². The van der Waals surface area contributed by atoms with Crippen molar-refractivity contribution in [2.45, 2.75) is 41.0 Å². The summed E-state index contributed by atoms with van der Waals surface area (Å²) in [7, 11) is 0. The average Bonchev–Trinajstić information content (AvgIpc) is 3.19. The number of carbonyl (C=O) groups excluding carboxylic acids is 1. The summed E-state index contributed by atoms with van der Waals surface area (Å²) >= 11 is 6.09. The number of furan rings is 1. The maximum absolute atomic E-state index is 13.1. The Hall–Kier alpha value is -2.72. The molecule has 1 amide bonds. The number of rotatable bonds is 5. The molecule has 174 valence electrons. The number of ether oxygens (including phenoxy) is 1. The van der Waals surface area contributed by atoms with E-state index in [0.29, 0.717) is 23.5 Å². The molecule has 1 aliphatic rings. The quantitative estimate of drug-likeness (QED) is 0.369. The molecular weight excluding hydrogens is 434 g/mol. The van der Waals surface area contributed by atoms with E-state index in [4.69, 9.17) is 20.8 Å². The molecule has 1 fully saturated rings. The third-order valence-corrected chi connectivity index (χ3v) is 6.69. The van der Waals surface area contributed by atoms with Crippen LogP contribution < -0.4 is 4.74 Å². The van der Waals surface area contributed by atoms with Gasteiger partial charge in [0.25, 0.3) is 0 Å². The monoisotopic (exact) mass is 465 g/mol. The van der Waals surface area contributed by atoms with Gasteiger partial charge in [-0.1, -0.05) is 37.6 Å². The van der Waals surface area contributed by atoms with Gasteiger partial charge in [-0.25, -0.2) is 0 Å². The van der Waals surface area contributed by atoms with Crippen LogP contribution in [0.4, 0.5) is 0 Å². The van der Waals surface area contributed by atoms with E-state index in [-0.39, 0.29) is 5.91 Å². The van der Waals surface area contributed by atoms with Gasteiger partial charge in [0.15, 0.2) is 0 Å². The summed E-state index contributed by atoms with van der Waals surface area (Å²) in [5.74, 6) is 1.88. The van der Waals surface area contributed by atoms with Crippen LogP contribution in [0, 0.1) is 18.8 Å². The lowest BCUT2D eigenvalue weighted by atomic mass is 9.91. The van der Waals surface area contributed by atoms with Crippen LogP contribution in [-0.4, -0.2) is 30.5 Å². The number of aryl methyl sites for hydroxylation is 1. The van der Waals surface area contributed by atoms with E-state index in [1.807, 2.05) is 49.9 Å². The van der Waals surface area contributed by atoms with E-state index in [1.165, 1.54) is 6.42 Å². The molecule has 2 atom stereocenters. The van der Waals surface area contributed by atoms with Crippen LogP contribution in [0.15, 0.2) is 47.1 Å². The van der Waals surface area contributed by atoms with Crippen molar-refractivity contribution < 1.29 is 13.9 Å². The number of carbonyl (C=O) groups is 1. The number of likely N-dealkylation sites (tertiary alicyclic amines) is 1. The zero-order valence-corrected chi connectivity index (χ0v) is 20.8. The van der Waals surface area contributed by atoms with Crippen molar-refractivity contribution in [3.05, 3.63) is 58.8 Å². The molecule has 0 aliphatic carbocycles. The summed E-state index contributed by atoms with van der Waals surface area (Å²) in [6, 6.07) is 9.82. The van der Waals surface area contributed by atoms with Gasteiger partial charge in [0.05, 0.1) is 12.9 Å². The Morgan fingerprint density at radius 2 is 1.88 bits per heavy atom. The van der Waals surface area contributed by atoms with Crippen LogP contribution in [0.3, 0.4) is 0 Å². The first-order valence-electron chi connectivity index (χ1n) is 11.7. The second-order valence-electron chi connectivity index (χ2n) is 9.36. The summed E-state index contributed by atoms with van der Waals surface area (Å²) in [5.41, 5.74) is 5.57. The number of fused-ring (bicyclic) bond motifs is 1. The molecule has 1 aliphatic heterocycles. The molecule has 0 saturated carbocycles. The van der Waals surface area contributed by atoms with Gasteiger partial charge in [0.1, 0.15) is 11.3 Å². The van der Waals surface area contributed by atoms with Crippen LogP contribution in [0.5, 0.6) is 5.75 Å². The SMILES string of the molecule is CCOc1c(/C(C)=C/C(=O)N2CC(C)CC(C)C2)cc2c(-c3ccc(Cl)cc3)coc2c1C. The highest BCUT2D eigenvalue weighted by atomic mass is 35.5. The fourth-order valence-corrected chi connectivity index (χ4v) is 5.12. The predicted molar refractivity (Wildman–Crippen MR) is 136 cm³/mol. The van der Waals surface area contributed by atoms with Crippen molar-refractivity contribution in [1.82, 2.24) is 4.90 Å². The summed E-state index contributed by atoms with van der Waals surface area (Å²) in [6.45, 7) is 12.6. The average molecular weight is 466 g/mol. The molecule has 2 aromatic carbocycles. The van der Waals surface area contributed by atoms with Gasteiger partial charge in [0.2, 0.25) is 5.91 Å². The molecule has 1 saturated heterocycles. The lowest BCUT2D eigenvalue weighted by Crippen LogP contribution is -2.41. The molecule has 0 spiro atoms. The van der Waals surface area contributed by atoms with Crippen LogP contribution in [0.2, 0.25) is 5.02 Å². The molecule has 1 aromatic heterocycles. The number of benzene rings is 2. The number of amides is 1. The highest BCUT2D eigenvalue weighted by Crippen LogP contribution is 2.41. The highest BCUT2D eigenvalue weighted by Gasteiger charge is 2.25. The lowest BCUT2D eigenvalue weighted by Gasteiger charge is -2.34. The standard InChI is InChI=1S/C28H32ClNO3/c1-6-32-27-20(5)28-24(25(16-33-28)21-7-9-22(29)10-8-21)13-23(27)19(4)12-26(31)30-14-17(2)11-18(3)15-30/h7-10,12-13,16-18H,6,11,14-15H2,1-5H3/b19-12+. The molecule has 3 aromatic rings. The molecule has 4 rings (SSSR count). The first kappa shape index (κ1) is 23.4. The van der Waals surface area contributed by atoms with Gasteiger partial charge in [-0.15, -0.1) is 0 Å². The Morgan fingerprint density at radius 3 is 2.52 bits per heavy atom. The zero-order chi connectivity index (χ0) is 23.7. The van der Waals surface area contributed by atoms with Gasteiger partial charge in [0, 0.05) is 46.3 Å². The summed E-state index contributed by atoms with van der Waals surface area (Å²) in [6.07, 6.45) is 4.71. The molecule has 4 nitrogen and oxygen atoms in total. The molecule has 0 radical (unpaired) electrons. The number of hydrogen-bond donors (Lipinski definition) is 0. The van der Waals surface area contributed by atoms with Crippen molar-refractivity contribution in [2.75, 3.05) is 19.7 Å². The molecule has 0 bridgehead atoms. The van der Waals surface area contributed by atoms with E-state index in [9.17, 15) is 4.79 Å². The van der Waals surface area contributed by atoms with Crippen molar-refractivity contribution >= 4 is 34.1 Å². The van der Waals surface area contributed by atoms with Crippen molar-refractivity contribution in [1.29, 1.82) is 0 Å². The number of piperidine rings is 1. The lowest BCUT2D eigenvalue weighted by molar-refractivity contribution is -0.128. The van der Waals surface area contributed by atoms with Crippen LogP contribution in [0.25, 0.3) is 27.7 Å². The summed E-state index contributed by atoms with van der Waals surface area (Å²) in [4.78, 5) is 15.1. The Labute approximate surface area is 201 Å². The molecule has 5 heteroatoms. The molecule has 2 heterocycles. The summed E-state index contributed by atoms with van der Waals surface area (Å²) < 4.78 is 12.0. The maximum atomic E-state index is 13.1. The van der Waals surface area contributed by atoms with Crippen LogP contribution in [-0.2, 0) is 4.79 Å². The van der Waals surface area contributed by atoms with Gasteiger partial charge >= 0.3 is 0 Å². The van der Waals surface area contributed by atoms with E-state index >= 15 is 0 Å². The minimum atomic E-state index is 0.0659. The van der Waals surface area contributed by atoms with Crippen molar-refractivity contribution in [3.63, 3.8) is 0 Å². The minimum Gasteiger partial charge on any atom is -0.493 e. The van der Waals surface area contributed by atoms with E-state index in [0.717, 1.165) is 57.6 Å². The molecule has 0 N–H and O–H groups in total. The molecular formula is C28H32ClNO3. The Kier molecular flexibility index (Phi) is 6.85. The van der Waals surface area contributed by atoms with Gasteiger partial charge in [-0.3, -0.25) is 4.79 Å². The van der Waals surface area contributed by atoms with E-state index in [1.54, 1.807) is 12.3 Å². The Morgan fingerprint density at radius 1 is 1.21 bits per heavy atom. The second kappa shape index (κ2) is 9.64. The number of hydrogen-bond acceptors (Lipinski definition) is 3. The van der Waals surface area contributed by atoms with Crippen LogP contribution in [0.1, 0.15) is 45.2 Å². The first-order valence-corrected chi connectivity index (χ1v) is 12.1. The van der Waals surface area contributed by atoms with Gasteiger partial charge in [-0.05, 0) is 68.4 Å². The van der Waals surface area contributed by atoms with Gasteiger partial charge < -0.3 is 14.1 Å². The van der Waals surface area contributed by atoms with Crippen molar-refractivity contribution in [3.8, 4) is 16.9 Å². The summed E-state index contributed by atoms with van der Waals surface area (Å²) in [5, 5.41) is 1.69. The fraction of sp³-hybridized carbons (Fsp3) is 0.393. The smallest absolute Gasteiger partial charge is 0.246 e. The highest BCUT2D eigenvalue weighted by molar-refractivity contribution is 6.30. The fourth-order valence-electron chi connectivity index (χ4n) is 4.99. The second-order valence-corrected chi connectivity index (χ2v) is 9.80. The zero-order valence-electron chi connectivity index (χ0n) is 20.1. The largest absolute Gasteiger partial charge is 0.493 e. The third-order valence-electron chi connectivity index (χ3n) is 6.43. The number of allylic oxidation sites excluding steroid dienone is 1. The first-order chi connectivity index (χ1) is 15.8. The number of halogens is 1. The third kappa shape index (κ3) is 4.81. The van der Waals surface area contributed by atoms with E-state index in [2.05, 4.69) is 19.9 Å². The molecule has 33 heavy (non-hydrogen) atoms. The Bertz CT molecular complexity index is 1180. The molecule has 2 unspecified atom stereocenters. The van der Waals surface area contributed by atoms with Crippen LogP contribution >= 0.6 is 11.6 Å². The predicted octanol–water partition coefficient (Wildman–Crippen LogP) is 7.37. The topological polar surface area (TPSA) is 42.7 Å². The maximum Gasteiger partial charge on any atom is 0.246 e. The van der Waals surface area contributed by atoms with Crippen molar-refractivity contribution in [2.24, 2.45) is 11.8 Å². The Balaban J connectivity index is 1.78. The van der Waals surface area contributed by atoms with E-state index < -0.39 is 0 Å². The minimum absolute atomic E-state index is 0.0659.